The molecule has 1 aromatic rings. The van der Waals surface area contributed by atoms with Gasteiger partial charge in [0.1, 0.15) is 5.84 Å². The maximum absolute atomic E-state index is 6.19. The van der Waals surface area contributed by atoms with Crippen LogP contribution in [-0.4, -0.2) is 24.8 Å². The van der Waals surface area contributed by atoms with E-state index in [1.165, 1.54) is 11.1 Å². The molecule has 4 atom stereocenters. The van der Waals surface area contributed by atoms with Gasteiger partial charge in [-0.05, 0) is 56.2 Å². The monoisotopic (exact) mass is 389 g/mol. The van der Waals surface area contributed by atoms with Gasteiger partial charge in [-0.1, -0.05) is 28.9 Å². The fourth-order valence-electron chi connectivity index (χ4n) is 5.12. The Labute approximate surface area is 151 Å². The number of amidine groups is 1. The molecule has 0 bridgehead atoms. The van der Waals surface area contributed by atoms with Crippen LogP contribution in [0.2, 0.25) is 0 Å². The molecule has 1 fully saturated rings. The van der Waals surface area contributed by atoms with Crippen molar-refractivity contribution in [1.82, 2.24) is 0 Å². The lowest BCUT2D eigenvalue weighted by molar-refractivity contribution is -0.0378. The van der Waals surface area contributed by atoms with Crippen molar-refractivity contribution in [2.45, 2.75) is 51.3 Å². The quantitative estimate of drug-likeness (QED) is 0.793. The Hall–Kier alpha value is -1.20. The average Bonchev–Trinajstić information content (AvgIpc) is 2.97. The van der Waals surface area contributed by atoms with Gasteiger partial charge >= 0.3 is 0 Å². The van der Waals surface area contributed by atoms with E-state index in [9.17, 15) is 0 Å². The first kappa shape index (κ1) is 16.3. The van der Waals surface area contributed by atoms with Crippen LogP contribution in [0.5, 0.6) is 0 Å². The molecule has 1 aliphatic heterocycles. The third-order valence-corrected chi connectivity index (χ3v) is 6.75. The van der Waals surface area contributed by atoms with Crippen molar-refractivity contribution in [3.05, 3.63) is 33.8 Å². The lowest BCUT2D eigenvalue weighted by atomic mass is 9.62. The molecule has 128 valence electrons. The highest BCUT2D eigenvalue weighted by molar-refractivity contribution is 9.10. The van der Waals surface area contributed by atoms with Crippen LogP contribution in [0.15, 0.2) is 32.7 Å². The summed E-state index contributed by atoms with van der Waals surface area (Å²) >= 11 is 3.62. The van der Waals surface area contributed by atoms with Gasteiger partial charge in [-0.2, -0.15) is 0 Å². The first-order valence-corrected chi connectivity index (χ1v) is 9.44. The van der Waals surface area contributed by atoms with Crippen molar-refractivity contribution >= 4 is 27.5 Å². The van der Waals surface area contributed by atoms with E-state index in [4.69, 9.17) is 20.5 Å². The van der Waals surface area contributed by atoms with E-state index in [0.717, 1.165) is 35.9 Å². The molecule has 5 heteroatoms. The number of nitrogens with two attached hydrogens (primary N) is 1. The Kier molecular flexibility index (Phi) is 3.66. The molecule has 24 heavy (non-hydrogen) atoms. The smallest absolute Gasteiger partial charge is 0.184 e. The van der Waals surface area contributed by atoms with Gasteiger partial charge in [-0.3, -0.25) is 4.99 Å². The molecule has 2 aliphatic carbocycles. The molecule has 0 amide bonds. The predicted octanol–water partition coefficient (Wildman–Crippen LogP) is 3.81. The number of nitrogens with zero attached hydrogens (tertiary/aromatic N) is 2. The zero-order chi connectivity index (χ0) is 17.1. The number of ether oxygens (including phenoxy) is 1. The van der Waals surface area contributed by atoms with Gasteiger partial charge < -0.3 is 10.5 Å². The molecule has 0 aromatic heterocycles. The summed E-state index contributed by atoms with van der Waals surface area (Å²) in [5.41, 5.74) is 9.09. The number of benzene rings is 1. The zero-order valence-electron chi connectivity index (χ0n) is 14.5. The van der Waals surface area contributed by atoms with Crippen LogP contribution >= 0.6 is 15.9 Å². The van der Waals surface area contributed by atoms with E-state index in [2.05, 4.69) is 41.1 Å². The molecule has 1 saturated carbocycles. The molecule has 3 aliphatic rings. The lowest BCUT2D eigenvalue weighted by Gasteiger charge is -2.47. The van der Waals surface area contributed by atoms with Crippen molar-refractivity contribution in [3.63, 3.8) is 0 Å². The Morgan fingerprint density at radius 3 is 2.75 bits per heavy atom. The van der Waals surface area contributed by atoms with Crippen LogP contribution in [0.4, 0.5) is 0 Å². The summed E-state index contributed by atoms with van der Waals surface area (Å²) in [6, 6.07) is 6.53. The van der Waals surface area contributed by atoms with Gasteiger partial charge in [-0.15, -0.1) is 0 Å². The number of methoxy groups -OCH3 is 1. The topological polar surface area (TPSA) is 60.0 Å². The number of fused-ring (bicyclic) bond motifs is 3. The standard InChI is InChI=1S/C19H24BrN3O/c1-11-9-18(7-6-16(11)24-3)10-13-4-5-14(20)8-15(13)19(18)22-12(2)17(21)23-19/h4-5,8,11,16H,6-7,9-10H2,1-3H3,(H2,21,23)/t11-,16-,18-,19-/m0/s1. The third kappa shape index (κ3) is 2.07. The van der Waals surface area contributed by atoms with Crippen molar-refractivity contribution in [2.75, 3.05) is 7.11 Å². The Morgan fingerprint density at radius 2 is 2.12 bits per heavy atom. The van der Waals surface area contributed by atoms with Crippen LogP contribution in [0.25, 0.3) is 0 Å². The molecule has 2 N–H and O–H groups in total. The molecular formula is C19H24BrN3O. The molecule has 4 rings (SSSR count). The maximum atomic E-state index is 6.19. The van der Waals surface area contributed by atoms with Crippen LogP contribution in [0.1, 0.15) is 44.2 Å². The summed E-state index contributed by atoms with van der Waals surface area (Å²) in [6.07, 6.45) is 4.53. The Balaban J connectivity index is 1.88. The minimum absolute atomic E-state index is 0.00690. The lowest BCUT2D eigenvalue weighted by Crippen LogP contribution is -2.46. The van der Waals surface area contributed by atoms with Crippen molar-refractivity contribution in [1.29, 1.82) is 0 Å². The van der Waals surface area contributed by atoms with Crippen LogP contribution in [-0.2, 0) is 16.8 Å². The summed E-state index contributed by atoms with van der Waals surface area (Å²) in [4.78, 5) is 10.0. The third-order valence-electron chi connectivity index (χ3n) is 6.26. The van der Waals surface area contributed by atoms with E-state index < -0.39 is 5.66 Å². The minimum Gasteiger partial charge on any atom is -0.382 e. The van der Waals surface area contributed by atoms with Gasteiger partial charge in [0.25, 0.3) is 0 Å². The van der Waals surface area contributed by atoms with E-state index in [-0.39, 0.29) is 5.41 Å². The fraction of sp³-hybridized carbons (Fsp3) is 0.579. The van der Waals surface area contributed by atoms with Crippen LogP contribution in [0.3, 0.4) is 0 Å². The molecule has 0 saturated heterocycles. The number of hydrogen-bond acceptors (Lipinski definition) is 4. The Bertz CT molecular complexity index is 739. The number of aliphatic imine (C=N–C) groups is 2. The van der Waals surface area contributed by atoms with Gasteiger partial charge in [-0.25, -0.2) is 4.99 Å². The van der Waals surface area contributed by atoms with Crippen LogP contribution in [0, 0.1) is 11.3 Å². The first-order chi connectivity index (χ1) is 11.4. The number of hydrogen-bond donors (Lipinski definition) is 1. The van der Waals surface area contributed by atoms with Gasteiger partial charge in [0.2, 0.25) is 0 Å². The highest BCUT2D eigenvalue weighted by Gasteiger charge is 2.61. The normalized spacial score (nSPS) is 37.7. The number of halogens is 1. The Morgan fingerprint density at radius 1 is 1.33 bits per heavy atom. The fourth-order valence-corrected chi connectivity index (χ4v) is 5.48. The molecular weight excluding hydrogens is 366 g/mol. The predicted molar refractivity (Wildman–Crippen MR) is 101 cm³/mol. The average molecular weight is 390 g/mol. The summed E-state index contributed by atoms with van der Waals surface area (Å²) in [6.45, 7) is 4.27. The molecule has 0 radical (unpaired) electrons. The second-order valence-electron chi connectivity index (χ2n) is 7.62. The summed E-state index contributed by atoms with van der Waals surface area (Å²) in [5.74, 6) is 1.08. The summed E-state index contributed by atoms with van der Waals surface area (Å²) in [5, 5.41) is 0. The first-order valence-electron chi connectivity index (χ1n) is 8.65. The molecule has 2 spiro atoms. The molecule has 1 aromatic carbocycles. The van der Waals surface area contributed by atoms with Crippen molar-refractivity contribution in [2.24, 2.45) is 27.1 Å². The second-order valence-corrected chi connectivity index (χ2v) is 8.53. The van der Waals surface area contributed by atoms with Gasteiger partial charge in [0.15, 0.2) is 5.66 Å². The van der Waals surface area contributed by atoms with Crippen LogP contribution < -0.4 is 5.73 Å². The van der Waals surface area contributed by atoms with E-state index in [0.29, 0.717) is 17.9 Å². The minimum atomic E-state index is -0.548. The second kappa shape index (κ2) is 5.40. The highest BCUT2D eigenvalue weighted by Crippen LogP contribution is 2.62. The SMILES string of the molecule is CO[C@H]1CC[C@@]2(Cc3ccc(Br)cc3[C@@]23N=C(C)C(N)=N3)C[C@@H]1C. The van der Waals surface area contributed by atoms with Gasteiger partial charge in [0.05, 0.1) is 11.8 Å². The van der Waals surface area contributed by atoms with Crippen molar-refractivity contribution in [3.8, 4) is 0 Å². The van der Waals surface area contributed by atoms with Crippen molar-refractivity contribution < 1.29 is 4.74 Å². The summed E-state index contributed by atoms with van der Waals surface area (Å²) in [7, 11) is 1.82. The maximum Gasteiger partial charge on any atom is 0.184 e. The molecule has 4 nitrogen and oxygen atoms in total. The highest BCUT2D eigenvalue weighted by atomic mass is 79.9. The molecule has 1 heterocycles. The van der Waals surface area contributed by atoms with E-state index in [1.54, 1.807) is 0 Å². The summed E-state index contributed by atoms with van der Waals surface area (Å²) < 4.78 is 6.77. The van der Waals surface area contributed by atoms with E-state index >= 15 is 0 Å². The zero-order valence-corrected chi connectivity index (χ0v) is 16.1. The number of rotatable bonds is 1. The van der Waals surface area contributed by atoms with E-state index in [1.807, 2.05) is 14.0 Å². The largest absolute Gasteiger partial charge is 0.382 e. The van der Waals surface area contributed by atoms with Gasteiger partial charge in [0, 0.05) is 22.6 Å². The molecule has 0 unspecified atom stereocenters.